The predicted molar refractivity (Wildman–Crippen MR) is 85.1 cm³/mol. The Morgan fingerprint density at radius 1 is 1.10 bits per heavy atom. The third-order valence-electron chi connectivity index (χ3n) is 3.03. The smallest absolute Gasteiger partial charge is 0.131 e. The number of aromatic nitrogens is 2. The van der Waals surface area contributed by atoms with Crippen molar-refractivity contribution in [3.8, 4) is 10.6 Å². The van der Waals surface area contributed by atoms with Crippen LogP contribution in [0.2, 0.25) is 0 Å². The van der Waals surface area contributed by atoms with Gasteiger partial charge in [0.05, 0.1) is 10.6 Å². The maximum atomic E-state index is 10.1. The van der Waals surface area contributed by atoms with Crippen LogP contribution in [0.1, 0.15) is 5.56 Å². The summed E-state index contributed by atoms with van der Waals surface area (Å²) >= 11 is 1.63. The highest BCUT2D eigenvalue weighted by Crippen LogP contribution is 2.23. The van der Waals surface area contributed by atoms with E-state index in [0.29, 0.717) is 12.2 Å². The number of rotatable bonds is 5. The predicted octanol–water partition coefficient (Wildman–Crippen LogP) is 3.18. The van der Waals surface area contributed by atoms with Crippen molar-refractivity contribution >= 4 is 17.2 Å². The van der Waals surface area contributed by atoms with Gasteiger partial charge in [-0.15, -0.1) is 11.3 Å². The van der Waals surface area contributed by atoms with Gasteiger partial charge in [-0.1, -0.05) is 36.4 Å². The van der Waals surface area contributed by atoms with E-state index in [1.54, 1.807) is 11.3 Å². The van der Waals surface area contributed by atoms with Gasteiger partial charge in [-0.3, -0.25) is 0 Å². The van der Waals surface area contributed by atoms with Crippen LogP contribution in [0.25, 0.3) is 10.6 Å². The number of hydrogen-bond acceptors (Lipinski definition) is 5. The Morgan fingerprint density at radius 3 is 2.71 bits per heavy atom. The molecule has 0 radical (unpaired) electrons. The van der Waals surface area contributed by atoms with E-state index in [-0.39, 0.29) is 0 Å². The highest BCUT2D eigenvalue weighted by atomic mass is 32.1. The number of anilines is 1. The van der Waals surface area contributed by atoms with E-state index in [9.17, 15) is 5.11 Å². The Labute approximate surface area is 127 Å². The van der Waals surface area contributed by atoms with Gasteiger partial charge in [-0.2, -0.15) is 0 Å². The van der Waals surface area contributed by atoms with Crippen LogP contribution in [0.3, 0.4) is 0 Å². The van der Waals surface area contributed by atoms with Crippen molar-refractivity contribution in [3.63, 3.8) is 0 Å². The van der Waals surface area contributed by atoms with E-state index in [0.717, 1.165) is 16.1 Å². The van der Waals surface area contributed by atoms with Gasteiger partial charge in [0.1, 0.15) is 18.4 Å². The van der Waals surface area contributed by atoms with Crippen LogP contribution in [0.5, 0.6) is 0 Å². The highest BCUT2D eigenvalue weighted by Gasteiger charge is 2.08. The molecule has 1 atom stereocenters. The van der Waals surface area contributed by atoms with Gasteiger partial charge in [0, 0.05) is 12.5 Å². The molecule has 0 bridgehead atoms. The van der Waals surface area contributed by atoms with Crippen LogP contribution in [-0.4, -0.2) is 21.3 Å². The Balaban J connectivity index is 1.69. The lowest BCUT2D eigenvalue weighted by molar-refractivity contribution is 0.203. The Morgan fingerprint density at radius 2 is 1.95 bits per heavy atom. The van der Waals surface area contributed by atoms with E-state index in [1.165, 1.54) is 6.33 Å². The maximum Gasteiger partial charge on any atom is 0.131 e. The van der Waals surface area contributed by atoms with Gasteiger partial charge >= 0.3 is 0 Å². The molecule has 2 aromatic heterocycles. The van der Waals surface area contributed by atoms with Crippen molar-refractivity contribution in [2.24, 2.45) is 0 Å². The van der Waals surface area contributed by atoms with E-state index >= 15 is 0 Å². The molecule has 0 aliphatic heterocycles. The van der Waals surface area contributed by atoms with Crippen molar-refractivity contribution in [1.29, 1.82) is 0 Å². The minimum Gasteiger partial charge on any atom is -0.373 e. The summed E-state index contributed by atoms with van der Waals surface area (Å²) in [5.41, 5.74) is 1.93. The molecule has 3 aromatic rings. The molecule has 5 heteroatoms. The molecule has 21 heavy (non-hydrogen) atoms. The third-order valence-corrected chi connectivity index (χ3v) is 3.92. The van der Waals surface area contributed by atoms with Gasteiger partial charge in [-0.25, -0.2) is 9.97 Å². The summed E-state index contributed by atoms with van der Waals surface area (Å²) < 4.78 is 0. The standard InChI is InChI=1S/C16H15N3OS/c20-16(9-12-5-2-1-3-6-12)19-15-10-13(17-11-18-15)14-7-4-8-21-14/h1-8,10-11,16,20H,9H2,(H,17,18,19). The number of aliphatic hydroxyl groups excluding tert-OH is 1. The largest absolute Gasteiger partial charge is 0.373 e. The molecule has 0 saturated heterocycles. The lowest BCUT2D eigenvalue weighted by Gasteiger charge is -2.13. The lowest BCUT2D eigenvalue weighted by atomic mass is 10.1. The monoisotopic (exact) mass is 297 g/mol. The molecule has 3 rings (SSSR count). The average Bonchev–Trinajstić information content (AvgIpc) is 3.02. The van der Waals surface area contributed by atoms with Crippen molar-refractivity contribution in [3.05, 3.63) is 65.8 Å². The maximum absolute atomic E-state index is 10.1. The summed E-state index contributed by atoms with van der Waals surface area (Å²) in [7, 11) is 0. The molecule has 1 aromatic carbocycles. The van der Waals surface area contributed by atoms with Crippen LogP contribution in [0, 0.1) is 0 Å². The number of benzene rings is 1. The van der Waals surface area contributed by atoms with Crippen molar-refractivity contribution in [2.45, 2.75) is 12.6 Å². The Kier molecular flexibility index (Phi) is 4.23. The first-order valence-electron chi connectivity index (χ1n) is 6.66. The van der Waals surface area contributed by atoms with Crippen molar-refractivity contribution in [2.75, 3.05) is 5.32 Å². The fourth-order valence-corrected chi connectivity index (χ4v) is 2.75. The fraction of sp³-hybridized carbons (Fsp3) is 0.125. The van der Waals surface area contributed by atoms with Crippen molar-refractivity contribution < 1.29 is 5.11 Å². The zero-order valence-electron chi connectivity index (χ0n) is 11.3. The van der Waals surface area contributed by atoms with E-state index in [4.69, 9.17) is 0 Å². The van der Waals surface area contributed by atoms with E-state index in [1.807, 2.05) is 53.9 Å². The molecule has 0 fully saturated rings. The molecule has 0 aliphatic carbocycles. The molecule has 0 saturated carbocycles. The first kappa shape index (κ1) is 13.7. The highest BCUT2D eigenvalue weighted by molar-refractivity contribution is 7.13. The first-order valence-corrected chi connectivity index (χ1v) is 7.54. The van der Waals surface area contributed by atoms with Crippen LogP contribution < -0.4 is 5.32 Å². The molecule has 4 nitrogen and oxygen atoms in total. The second kappa shape index (κ2) is 6.47. The van der Waals surface area contributed by atoms with E-state index in [2.05, 4.69) is 15.3 Å². The molecule has 0 amide bonds. The van der Waals surface area contributed by atoms with Gasteiger partial charge in [0.15, 0.2) is 0 Å². The SMILES string of the molecule is OC(Cc1ccccc1)Nc1cc(-c2cccs2)ncn1. The molecular weight excluding hydrogens is 282 g/mol. The number of nitrogens with one attached hydrogen (secondary N) is 1. The molecule has 0 spiro atoms. The van der Waals surface area contributed by atoms with Crippen LogP contribution in [0.4, 0.5) is 5.82 Å². The minimum absolute atomic E-state index is 0.527. The van der Waals surface area contributed by atoms with E-state index < -0.39 is 6.23 Å². The topological polar surface area (TPSA) is 58.0 Å². The number of aliphatic hydroxyl groups is 1. The zero-order valence-corrected chi connectivity index (χ0v) is 12.1. The van der Waals surface area contributed by atoms with Gasteiger partial charge in [-0.05, 0) is 17.0 Å². The summed E-state index contributed by atoms with van der Waals surface area (Å²) in [5, 5.41) is 15.1. The number of nitrogens with zero attached hydrogens (tertiary/aromatic N) is 2. The number of hydrogen-bond donors (Lipinski definition) is 2. The summed E-state index contributed by atoms with van der Waals surface area (Å²) in [6, 6.07) is 15.7. The lowest BCUT2D eigenvalue weighted by Crippen LogP contribution is -2.22. The molecule has 1 unspecified atom stereocenters. The van der Waals surface area contributed by atoms with Crippen LogP contribution in [-0.2, 0) is 6.42 Å². The summed E-state index contributed by atoms with van der Waals surface area (Å²) in [4.78, 5) is 9.49. The van der Waals surface area contributed by atoms with Crippen molar-refractivity contribution in [1.82, 2.24) is 9.97 Å². The molecule has 2 heterocycles. The molecule has 106 valence electrons. The van der Waals surface area contributed by atoms with Gasteiger partial charge < -0.3 is 10.4 Å². The normalized spacial score (nSPS) is 12.0. The first-order chi connectivity index (χ1) is 10.3. The summed E-state index contributed by atoms with van der Waals surface area (Å²) in [6.07, 6.45) is 1.35. The average molecular weight is 297 g/mol. The fourth-order valence-electron chi connectivity index (χ4n) is 2.05. The van der Waals surface area contributed by atoms with Crippen LogP contribution in [0.15, 0.2) is 60.2 Å². The summed E-state index contributed by atoms with van der Waals surface area (Å²) in [6.45, 7) is 0. The Bertz CT molecular complexity index is 686. The third kappa shape index (κ3) is 3.65. The molecule has 2 N–H and O–H groups in total. The minimum atomic E-state index is -0.682. The summed E-state index contributed by atoms with van der Waals surface area (Å²) in [5.74, 6) is 0.622. The zero-order chi connectivity index (χ0) is 14.5. The molecular formula is C16H15N3OS. The second-order valence-corrected chi connectivity index (χ2v) is 5.56. The Hall–Kier alpha value is -2.24. The number of thiophene rings is 1. The second-order valence-electron chi connectivity index (χ2n) is 4.62. The van der Waals surface area contributed by atoms with Crippen LogP contribution >= 0.6 is 11.3 Å². The van der Waals surface area contributed by atoms with Gasteiger partial charge in [0.2, 0.25) is 0 Å². The van der Waals surface area contributed by atoms with Gasteiger partial charge in [0.25, 0.3) is 0 Å². The molecule has 0 aliphatic rings. The quantitative estimate of drug-likeness (QED) is 0.710.